The number of thiophene rings is 1. The Balaban J connectivity index is 2.21. The zero-order chi connectivity index (χ0) is 14.4. The maximum absolute atomic E-state index is 11.4. The molecule has 0 radical (unpaired) electrons. The van der Waals surface area contributed by atoms with Gasteiger partial charge in [0.25, 0.3) is 0 Å². The monoisotopic (exact) mass is 285 g/mol. The summed E-state index contributed by atoms with van der Waals surface area (Å²) in [7, 11) is 1.90. The molecule has 0 aliphatic rings. The quantitative estimate of drug-likeness (QED) is 0.677. The molecular formula is C15H15N3OS. The first-order chi connectivity index (χ1) is 9.47. The van der Waals surface area contributed by atoms with Crippen LogP contribution in [0.1, 0.15) is 27.9 Å². The molecule has 0 aromatic carbocycles. The molecule has 0 amide bonds. The molecule has 5 heteroatoms. The summed E-state index contributed by atoms with van der Waals surface area (Å²) in [6, 6.07) is 3.97. The maximum Gasteiger partial charge on any atom is 0.169 e. The van der Waals surface area contributed by atoms with Crippen LogP contribution in [0.5, 0.6) is 0 Å². The summed E-state index contributed by atoms with van der Waals surface area (Å²) in [5.74, 6) is 0.0930. The molecule has 0 N–H and O–H groups in total. The van der Waals surface area contributed by atoms with Crippen molar-refractivity contribution in [1.82, 2.24) is 14.8 Å². The molecular weight excluding hydrogens is 270 g/mol. The van der Waals surface area contributed by atoms with Crippen LogP contribution in [0.15, 0.2) is 17.5 Å². The van der Waals surface area contributed by atoms with Crippen molar-refractivity contribution < 1.29 is 4.79 Å². The lowest BCUT2D eigenvalue weighted by Crippen LogP contribution is -1.94. The first kappa shape index (κ1) is 13.0. The number of Topliss-reactive ketones (excluding diaryl/α,β-unsaturated/α-hetero) is 1. The molecule has 4 nitrogen and oxygen atoms in total. The maximum atomic E-state index is 11.4. The van der Waals surface area contributed by atoms with E-state index in [1.807, 2.05) is 25.4 Å². The number of aromatic nitrogens is 3. The van der Waals surface area contributed by atoms with Crippen LogP contribution in [0.25, 0.3) is 22.3 Å². The van der Waals surface area contributed by atoms with Crippen LogP contribution in [-0.2, 0) is 7.05 Å². The van der Waals surface area contributed by atoms with Gasteiger partial charge in [0, 0.05) is 23.4 Å². The van der Waals surface area contributed by atoms with Crippen LogP contribution in [0.2, 0.25) is 0 Å². The molecule has 20 heavy (non-hydrogen) atoms. The van der Waals surface area contributed by atoms with Gasteiger partial charge in [0.15, 0.2) is 11.4 Å². The second-order valence-corrected chi connectivity index (χ2v) is 5.90. The van der Waals surface area contributed by atoms with Crippen molar-refractivity contribution in [3.63, 3.8) is 0 Å². The molecule has 0 aliphatic heterocycles. The summed E-state index contributed by atoms with van der Waals surface area (Å²) in [6.07, 6.45) is 0. The van der Waals surface area contributed by atoms with Gasteiger partial charge >= 0.3 is 0 Å². The zero-order valence-corrected chi connectivity index (χ0v) is 12.7. The minimum Gasteiger partial charge on any atom is -0.294 e. The SMILES string of the molecule is CC(=O)c1cc(-c2cc(C)c3c(C)nn(C)c3n2)cs1. The van der Waals surface area contributed by atoms with E-state index < -0.39 is 0 Å². The Morgan fingerprint density at radius 3 is 2.70 bits per heavy atom. The fourth-order valence-corrected chi connectivity index (χ4v) is 3.27. The Hall–Kier alpha value is -2.01. The van der Waals surface area contributed by atoms with Crippen molar-refractivity contribution >= 4 is 28.2 Å². The van der Waals surface area contributed by atoms with Gasteiger partial charge < -0.3 is 0 Å². The van der Waals surface area contributed by atoms with Crippen molar-refractivity contribution in [2.24, 2.45) is 7.05 Å². The van der Waals surface area contributed by atoms with E-state index in [1.54, 1.807) is 11.6 Å². The van der Waals surface area contributed by atoms with E-state index in [4.69, 9.17) is 4.98 Å². The minimum atomic E-state index is 0.0930. The number of fused-ring (bicyclic) bond motifs is 1. The van der Waals surface area contributed by atoms with Crippen molar-refractivity contribution in [3.05, 3.63) is 33.6 Å². The van der Waals surface area contributed by atoms with Gasteiger partial charge in [-0.3, -0.25) is 9.48 Å². The van der Waals surface area contributed by atoms with E-state index in [0.717, 1.165) is 38.4 Å². The van der Waals surface area contributed by atoms with E-state index in [1.165, 1.54) is 11.3 Å². The van der Waals surface area contributed by atoms with Gasteiger partial charge in [-0.25, -0.2) is 4.98 Å². The van der Waals surface area contributed by atoms with E-state index in [9.17, 15) is 4.79 Å². The van der Waals surface area contributed by atoms with Crippen LogP contribution in [0, 0.1) is 13.8 Å². The lowest BCUT2D eigenvalue weighted by molar-refractivity contribution is 0.102. The molecule has 0 saturated heterocycles. The van der Waals surface area contributed by atoms with Crippen molar-refractivity contribution in [3.8, 4) is 11.3 Å². The largest absolute Gasteiger partial charge is 0.294 e. The molecule has 3 aromatic rings. The highest BCUT2D eigenvalue weighted by Crippen LogP contribution is 2.29. The molecule has 0 bridgehead atoms. The van der Waals surface area contributed by atoms with Crippen LogP contribution in [0.4, 0.5) is 0 Å². The molecule has 0 spiro atoms. The van der Waals surface area contributed by atoms with E-state index in [-0.39, 0.29) is 5.78 Å². The number of rotatable bonds is 2. The second kappa shape index (κ2) is 4.52. The van der Waals surface area contributed by atoms with Crippen molar-refractivity contribution in [1.29, 1.82) is 0 Å². The topological polar surface area (TPSA) is 47.8 Å². The Labute approximate surface area is 121 Å². The number of aryl methyl sites for hydroxylation is 3. The number of ketones is 1. The summed E-state index contributed by atoms with van der Waals surface area (Å²) in [5.41, 5.74) is 4.92. The smallest absolute Gasteiger partial charge is 0.169 e. The summed E-state index contributed by atoms with van der Waals surface area (Å²) in [5, 5.41) is 7.51. The van der Waals surface area contributed by atoms with E-state index in [0.29, 0.717) is 0 Å². The van der Waals surface area contributed by atoms with Gasteiger partial charge in [-0.05, 0) is 38.5 Å². The van der Waals surface area contributed by atoms with Crippen LogP contribution < -0.4 is 0 Å². The second-order valence-electron chi connectivity index (χ2n) is 4.99. The molecule has 0 saturated carbocycles. The number of hydrogen-bond donors (Lipinski definition) is 0. The average molecular weight is 285 g/mol. The molecule has 3 heterocycles. The lowest BCUT2D eigenvalue weighted by Gasteiger charge is -2.02. The number of hydrogen-bond acceptors (Lipinski definition) is 4. The third-order valence-corrected chi connectivity index (χ3v) is 4.44. The summed E-state index contributed by atoms with van der Waals surface area (Å²) in [6.45, 7) is 5.65. The lowest BCUT2D eigenvalue weighted by atomic mass is 10.1. The average Bonchev–Trinajstić information content (AvgIpc) is 2.95. The van der Waals surface area contributed by atoms with Crippen LogP contribution in [0.3, 0.4) is 0 Å². The minimum absolute atomic E-state index is 0.0930. The first-order valence-electron chi connectivity index (χ1n) is 6.38. The molecule has 0 unspecified atom stereocenters. The summed E-state index contributed by atoms with van der Waals surface area (Å²) in [4.78, 5) is 16.9. The Morgan fingerprint density at radius 1 is 1.30 bits per heavy atom. The molecule has 3 aromatic heterocycles. The molecule has 3 rings (SSSR count). The van der Waals surface area contributed by atoms with Gasteiger partial charge in [-0.1, -0.05) is 0 Å². The fraction of sp³-hybridized carbons (Fsp3) is 0.267. The molecule has 102 valence electrons. The van der Waals surface area contributed by atoms with Gasteiger partial charge in [-0.2, -0.15) is 5.10 Å². The van der Waals surface area contributed by atoms with Gasteiger partial charge in [0.2, 0.25) is 0 Å². The molecule has 0 fully saturated rings. The predicted octanol–water partition coefficient (Wildman–Crippen LogP) is 3.52. The van der Waals surface area contributed by atoms with Crippen LogP contribution in [-0.4, -0.2) is 20.5 Å². The third kappa shape index (κ3) is 1.94. The Morgan fingerprint density at radius 2 is 2.05 bits per heavy atom. The third-order valence-electron chi connectivity index (χ3n) is 3.41. The number of carbonyl (C=O) groups is 1. The molecule has 0 atom stereocenters. The normalized spacial score (nSPS) is 11.2. The van der Waals surface area contributed by atoms with Crippen molar-refractivity contribution in [2.75, 3.05) is 0 Å². The molecule has 0 aliphatic carbocycles. The number of pyridine rings is 1. The fourth-order valence-electron chi connectivity index (χ4n) is 2.46. The van der Waals surface area contributed by atoms with Gasteiger partial charge in [-0.15, -0.1) is 11.3 Å². The van der Waals surface area contributed by atoms with Gasteiger partial charge in [0.05, 0.1) is 16.3 Å². The highest BCUT2D eigenvalue weighted by atomic mass is 32.1. The highest BCUT2D eigenvalue weighted by Gasteiger charge is 2.13. The van der Waals surface area contributed by atoms with Crippen molar-refractivity contribution in [2.45, 2.75) is 20.8 Å². The first-order valence-corrected chi connectivity index (χ1v) is 7.26. The standard InChI is InChI=1S/C15H15N3OS/c1-8-5-12(11-6-13(10(3)19)20-7-11)16-15-14(8)9(2)17-18(15)4/h5-7H,1-4H3. The summed E-state index contributed by atoms with van der Waals surface area (Å²) >= 11 is 1.46. The Kier molecular flexibility index (Phi) is 2.94. The number of nitrogens with zero attached hydrogens (tertiary/aromatic N) is 3. The van der Waals surface area contributed by atoms with E-state index in [2.05, 4.69) is 18.1 Å². The zero-order valence-electron chi connectivity index (χ0n) is 11.9. The predicted molar refractivity (Wildman–Crippen MR) is 81.3 cm³/mol. The number of carbonyl (C=O) groups excluding carboxylic acids is 1. The van der Waals surface area contributed by atoms with Crippen LogP contribution >= 0.6 is 11.3 Å². The Bertz CT molecular complexity index is 829. The van der Waals surface area contributed by atoms with Gasteiger partial charge in [0.1, 0.15) is 0 Å². The highest BCUT2D eigenvalue weighted by molar-refractivity contribution is 7.12. The van der Waals surface area contributed by atoms with E-state index >= 15 is 0 Å². The summed E-state index contributed by atoms with van der Waals surface area (Å²) < 4.78 is 1.80.